The van der Waals surface area contributed by atoms with Crippen molar-refractivity contribution in [2.75, 3.05) is 0 Å². The Hall–Kier alpha value is -2.28. The topological polar surface area (TPSA) is 4.93 Å². The number of fused-ring (bicyclic) bond motifs is 3. The highest BCUT2D eigenvalue weighted by atomic mass is 15.0. The molecule has 0 saturated carbocycles. The Kier molecular flexibility index (Phi) is 5.44. The van der Waals surface area contributed by atoms with Crippen molar-refractivity contribution >= 4 is 22.6 Å². The lowest BCUT2D eigenvalue weighted by Crippen LogP contribution is -2.00. The van der Waals surface area contributed by atoms with E-state index >= 15 is 0 Å². The van der Waals surface area contributed by atoms with E-state index in [1.807, 2.05) is 19.9 Å². The molecule has 1 aliphatic rings. The highest BCUT2D eigenvalue weighted by Gasteiger charge is 2.19. The van der Waals surface area contributed by atoms with Crippen LogP contribution in [0.25, 0.3) is 22.6 Å². The fraction of sp³-hybridized carbons (Fsp3) is 0.273. The Morgan fingerprint density at radius 2 is 1.87 bits per heavy atom. The summed E-state index contributed by atoms with van der Waals surface area (Å²) in [7, 11) is 0. The average Bonchev–Trinajstić information content (AvgIpc) is 2.77. The zero-order valence-corrected chi connectivity index (χ0v) is 15.0. The van der Waals surface area contributed by atoms with Crippen molar-refractivity contribution in [3.05, 3.63) is 71.5 Å². The van der Waals surface area contributed by atoms with Crippen LogP contribution < -0.4 is 0 Å². The monoisotopic (exact) mass is 305 g/mol. The molecular formula is C22H27N. The Morgan fingerprint density at radius 3 is 2.48 bits per heavy atom. The molecule has 120 valence electrons. The van der Waals surface area contributed by atoms with E-state index in [1.54, 1.807) is 0 Å². The number of nitrogens with zero attached hydrogens (tertiary/aromatic N) is 1. The van der Waals surface area contributed by atoms with Crippen molar-refractivity contribution in [3.8, 4) is 0 Å². The molecule has 3 rings (SSSR count). The summed E-state index contributed by atoms with van der Waals surface area (Å²) in [5.41, 5.74) is 7.78. The fourth-order valence-electron chi connectivity index (χ4n) is 3.27. The van der Waals surface area contributed by atoms with Crippen LogP contribution in [-0.2, 0) is 6.54 Å². The third-order valence-electron chi connectivity index (χ3n) is 4.33. The molecular weight excluding hydrogens is 278 g/mol. The molecule has 1 aliphatic heterocycles. The molecule has 0 fully saturated rings. The fourth-order valence-corrected chi connectivity index (χ4v) is 3.27. The summed E-state index contributed by atoms with van der Waals surface area (Å²) in [4.78, 5) is 0. The van der Waals surface area contributed by atoms with Gasteiger partial charge in [-0.3, -0.25) is 0 Å². The third kappa shape index (κ3) is 2.84. The van der Waals surface area contributed by atoms with Crippen LogP contribution in [0.3, 0.4) is 0 Å². The summed E-state index contributed by atoms with van der Waals surface area (Å²) >= 11 is 0. The number of benzene rings is 1. The first-order valence-corrected chi connectivity index (χ1v) is 8.46. The van der Waals surface area contributed by atoms with Gasteiger partial charge in [-0.1, -0.05) is 62.9 Å². The number of aromatic nitrogens is 1. The van der Waals surface area contributed by atoms with Gasteiger partial charge in [-0.25, -0.2) is 0 Å². The highest BCUT2D eigenvalue weighted by molar-refractivity contribution is 5.95. The van der Waals surface area contributed by atoms with E-state index in [0.29, 0.717) is 0 Å². The SMILES string of the molecule is C=Cc1ccc2c(C)c3n(c2c1)CC=CC(=C/C)/C3=C\C.CC. The molecule has 1 aromatic heterocycles. The van der Waals surface area contributed by atoms with Crippen molar-refractivity contribution in [1.82, 2.24) is 4.57 Å². The van der Waals surface area contributed by atoms with Crippen LogP contribution in [0.15, 0.2) is 54.7 Å². The summed E-state index contributed by atoms with van der Waals surface area (Å²) in [5.74, 6) is 0. The molecule has 0 saturated heterocycles. The molecule has 0 aliphatic carbocycles. The molecule has 1 nitrogen and oxygen atoms in total. The summed E-state index contributed by atoms with van der Waals surface area (Å²) in [5, 5.41) is 1.33. The second-order valence-corrected chi connectivity index (χ2v) is 5.41. The molecule has 0 bridgehead atoms. The maximum Gasteiger partial charge on any atom is 0.0526 e. The Balaban J connectivity index is 0.000000924. The van der Waals surface area contributed by atoms with Gasteiger partial charge >= 0.3 is 0 Å². The van der Waals surface area contributed by atoms with E-state index in [9.17, 15) is 0 Å². The van der Waals surface area contributed by atoms with E-state index in [-0.39, 0.29) is 0 Å². The molecule has 0 spiro atoms. The van der Waals surface area contributed by atoms with E-state index in [1.165, 1.54) is 38.9 Å². The van der Waals surface area contributed by atoms with Gasteiger partial charge in [0.25, 0.3) is 0 Å². The second-order valence-electron chi connectivity index (χ2n) is 5.41. The minimum Gasteiger partial charge on any atom is -0.336 e. The van der Waals surface area contributed by atoms with Gasteiger partial charge < -0.3 is 4.57 Å². The van der Waals surface area contributed by atoms with Gasteiger partial charge in [0, 0.05) is 23.0 Å². The molecule has 2 heterocycles. The lowest BCUT2D eigenvalue weighted by Gasteiger charge is -2.11. The Bertz CT molecular complexity index is 810. The molecule has 0 amide bonds. The zero-order chi connectivity index (χ0) is 17.0. The van der Waals surface area contributed by atoms with Gasteiger partial charge in [-0.2, -0.15) is 0 Å². The molecule has 0 N–H and O–H groups in total. The molecule has 2 aromatic rings. The van der Waals surface area contributed by atoms with Crippen LogP contribution in [0.2, 0.25) is 0 Å². The zero-order valence-electron chi connectivity index (χ0n) is 15.0. The molecule has 0 unspecified atom stereocenters. The lowest BCUT2D eigenvalue weighted by molar-refractivity contribution is 0.851. The summed E-state index contributed by atoms with van der Waals surface area (Å²) in [6.45, 7) is 15.2. The van der Waals surface area contributed by atoms with Crippen molar-refractivity contribution in [3.63, 3.8) is 0 Å². The lowest BCUT2D eigenvalue weighted by atomic mass is 9.99. The molecule has 1 aromatic carbocycles. The van der Waals surface area contributed by atoms with Crippen LogP contribution in [0.4, 0.5) is 0 Å². The predicted octanol–water partition coefficient (Wildman–Crippen LogP) is 6.54. The smallest absolute Gasteiger partial charge is 0.0526 e. The van der Waals surface area contributed by atoms with E-state index in [4.69, 9.17) is 0 Å². The minimum absolute atomic E-state index is 0.912. The van der Waals surface area contributed by atoms with Gasteiger partial charge in [-0.05, 0) is 43.5 Å². The van der Waals surface area contributed by atoms with Gasteiger partial charge in [0.1, 0.15) is 0 Å². The van der Waals surface area contributed by atoms with Crippen molar-refractivity contribution in [1.29, 1.82) is 0 Å². The quantitative estimate of drug-likeness (QED) is 0.564. The third-order valence-corrected chi connectivity index (χ3v) is 4.33. The van der Waals surface area contributed by atoms with Crippen LogP contribution in [0.5, 0.6) is 0 Å². The van der Waals surface area contributed by atoms with Gasteiger partial charge in [0.05, 0.1) is 5.69 Å². The molecule has 1 heteroatoms. The van der Waals surface area contributed by atoms with Crippen LogP contribution in [0, 0.1) is 6.92 Å². The largest absolute Gasteiger partial charge is 0.336 e. The highest BCUT2D eigenvalue weighted by Crippen LogP contribution is 2.36. The maximum atomic E-state index is 3.89. The van der Waals surface area contributed by atoms with Gasteiger partial charge in [0.15, 0.2) is 0 Å². The van der Waals surface area contributed by atoms with Crippen molar-refractivity contribution in [2.24, 2.45) is 0 Å². The average molecular weight is 305 g/mol. The van der Waals surface area contributed by atoms with E-state index in [2.05, 4.69) is 74.4 Å². The summed E-state index contributed by atoms with van der Waals surface area (Å²) in [6, 6.07) is 6.60. The molecule has 23 heavy (non-hydrogen) atoms. The van der Waals surface area contributed by atoms with Crippen molar-refractivity contribution < 1.29 is 0 Å². The first-order valence-electron chi connectivity index (χ1n) is 8.46. The van der Waals surface area contributed by atoms with Crippen LogP contribution in [-0.4, -0.2) is 4.57 Å². The number of hydrogen-bond acceptors (Lipinski definition) is 0. The van der Waals surface area contributed by atoms with Crippen LogP contribution in [0.1, 0.15) is 44.5 Å². The van der Waals surface area contributed by atoms with Crippen molar-refractivity contribution in [2.45, 2.75) is 41.2 Å². The Labute approximate surface area is 140 Å². The van der Waals surface area contributed by atoms with E-state index < -0.39 is 0 Å². The van der Waals surface area contributed by atoms with Gasteiger partial charge in [-0.15, -0.1) is 0 Å². The molecule has 0 radical (unpaired) electrons. The maximum absolute atomic E-state index is 3.89. The number of allylic oxidation sites excluding steroid dienone is 6. The number of rotatable bonds is 1. The number of hydrogen-bond donors (Lipinski definition) is 0. The van der Waals surface area contributed by atoms with Crippen LogP contribution >= 0.6 is 0 Å². The number of aryl methyl sites for hydroxylation is 1. The standard InChI is InChI=1S/C20H21N.C2H6/c1-5-15-10-11-18-14(4)20-17(7-3)16(6-2)9-8-12-21(20)19(18)13-15;1-2/h5-11,13H,1,12H2,2-4H3;1-2H3/b16-6-,17-7+;. The first kappa shape index (κ1) is 17.1. The first-order chi connectivity index (χ1) is 11.2. The predicted molar refractivity (Wildman–Crippen MR) is 105 cm³/mol. The van der Waals surface area contributed by atoms with E-state index in [0.717, 1.165) is 6.54 Å². The molecule has 0 atom stereocenters. The van der Waals surface area contributed by atoms with Gasteiger partial charge in [0.2, 0.25) is 0 Å². The summed E-state index contributed by atoms with van der Waals surface area (Å²) in [6.07, 6.45) is 10.8. The summed E-state index contributed by atoms with van der Waals surface area (Å²) < 4.78 is 2.42. The Morgan fingerprint density at radius 1 is 1.13 bits per heavy atom. The minimum atomic E-state index is 0.912. The normalized spacial score (nSPS) is 16.9. The second kappa shape index (κ2) is 7.32.